The van der Waals surface area contributed by atoms with Gasteiger partial charge in [0, 0.05) is 0 Å². The van der Waals surface area contributed by atoms with E-state index >= 15 is 0 Å². The smallest absolute Gasteiger partial charge is 0.237 e. The number of rotatable bonds is 8. The number of amides is 1. The van der Waals surface area contributed by atoms with E-state index in [9.17, 15) is 4.79 Å². The van der Waals surface area contributed by atoms with E-state index in [-0.39, 0.29) is 0 Å². The van der Waals surface area contributed by atoms with Gasteiger partial charge in [-0.15, -0.1) is 0 Å². The van der Waals surface area contributed by atoms with Gasteiger partial charge in [-0.25, -0.2) is 0 Å². The van der Waals surface area contributed by atoms with Crippen LogP contribution in [0.5, 0.6) is 0 Å². The third kappa shape index (κ3) is 5.91. The van der Waals surface area contributed by atoms with Crippen molar-refractivity contribution in [2.24, 2.45) is 17.4 Å². The number of hydrogen-bond donors (Lipinski definition) is 2. The first-order valence-electron chi connectivity index (χ1n) is 7.77. The van der Waals surface area contributed by atoms with Gasteiger partial charge in [0.05, 0.1) is 5.54 Å². The molecule has 1 fully saturated rings. The molecule has 1 aliphatic rings. The van der Waals surface area contributed by atoms with Gasteiger partial charge in [0.15, 0.2) is 0 Å². The maximum atomic E-state index is 11.1. The summed E-state index contributed by atoms with van der Waals surface area (Å²) in [5, 5.41) is 0. The molecule has 0 aromatic rings. The fourth-order valence-electron chi connectivity index (χ4n) is 2.86. The number of carbonyl (C=O) groups is 1. The third-order valence-corrected chi connectivity index (χ3v) is 4.39. The van der Waals surface area contributed by atoms with Crippen LogP contribution < -0.4 is 11.5 Å². The summed E-state index contributed by atoms with van der Waals surface area (Å²) in [5.41, 5.74) is 10.3. The Kier molecular flexibility index (Phi) is 6.80. The number of hydrogen-bond acceptors (Lipinski definition) is 3. The molecule has 1 amide bonds. The molecule has 1 aliphatic heterocycles. The first kappa shape index (κ1) is 16.4. The summed E-state index contributed by atoms with van der Waals surface area (Å²) in [6, 6.07) is 0. The molecule has 112 valence electrons. The van der Waals surface area contributed by atoms with Gasteiger partial charge < -0.3 is 16.4 Å². The number of carbonyl (C=O) groups excluding carboxylic acids is 1. The molecule has 19 heavy (non-hydrogen) atoms. The van der Waals surface area contributed by atoms with Crippen LogP contribution in [-0.4, -0.2) is 36.0 Å². The van der Waals surface area contributed by atoms with Gasteiger partial charge in [-0.2, -0.15) is 0 Å². The Morgan fingerprint density at radius 3 is 2.47 bits per heavy atom. The fourth-order valence-corrected chi connectivity index (χ4v) is 2.86. The van der Waals surface area contributed by atoms with Gasteiger partial charge in [-0.05, 0) is 64.6 Å². The molecule has 4 N–H and O–H groups in total. The number of piperidine rings is 1. The van der Waals surface area contributed by atoms with Crippen molar-refractivity contribution in [3.63, 3.8) is 0 Å². The van der Waals surface area contributed by atoms with Crippen LogP contribution >= 0.6 is 0 Å². The second-order valence-corrected chi connectivity index (χ2v) is 6.31. The molecule has 1 atom stereocenters. The minimum absolute atomic E-state index is 0.395. The molecule has 0 bridgehead atoms. The molecule has 1 unspecified atom stereocenters. The second-order valence-electron chi connectivity index (χ2n) is 6.31. The van der Waals surface area contributed by atoms with Gasteiger partial charge >= 0.3 is 0 Å². The van der Waals surface area contributed by atoms with Crippen LogP contribution in [-0.2, 0) is 4.79 Å². The molecule has 1 saturated heterocycles. The van der Waals surface area contributed by atoms with E-state index in [1.807, 2.05) is 0 Å². The van der Waals surface area contributed by atoms with E-state index in [0.717, 1.165) is 25.3 Å². The van der Waals surface area contributed by atoms with Crippen LogP contribution in [0.4, 0.5) is 0 Å². The van der Waals surface area contributed by atoms with Crippen molar-refractivity contribution in [2.75, 3.05) is 19.6 Å². The summed E-state index contributed by atoms with van der Waals surface area (Å²) in [4.78, 5) is 13.6. The lowest BCUT2D eigenvalue weighted by Crippen LogP contribution is -2.49. The minimum Gasteiger partial charge on any atom is -0.368 e. The van der Waals surface area contributed by atoms with Crippen molar-refractivity contribution in [1.82, 2.24) is 4.90 Å². The van der Waals surface area contributed by atoms with Crippen molar-refractivity contribution in [3.8, 4) is 0 Å². The number of nitrogens with zero attached hydrogens (tertiary/aromatic N) is 1. The molecular weight excluding hydrogens is 238 g/mol. The van der Waals surface area contributed by atoms with Gasteiger partial charge in [-0.3, -0.25) is 4.79 Å². The maximum Gasteiger partial charge on any atom is 0.237 e. The lowest BCUT2D eigenvalue weighted by Gasteiger charge is -2.32. The highest BCUT2D eigenvalue weighted by molar-refractivity contribution is 5.83. The van der Waals surface area contributed by atoms with Crippen LogP contribution in [0.1, 0.15) is 58.8 Å². The Labute approximate surface area is 117 Å². The number of primary amides is 1. The highest BCUT2D eigenvalue weighted by Gasteiger charge is 2.25. The van der Waals surface area contributed by atoms with Crippen molar-refractivity contribution < 1.29 is 4.79 Å². The monoisotopic (exact) mass is 269 g/mol. The molecule has 1 heterocycles. The zero-order chi connectivity index (χ0) is 14.3. The molecule has 0 spiro atoms. The largest absolute Gasteiger partial charge is 0.368 e. The van der Waals surface area contributed by atoms with Crippen molar-refractivity contribution >= 4 is 5.91 Å². The van der Waals surface area contributed by atoms with Gasteiger partial charge in [0.2, 0.25) is 5.91 Å². The highest BCUT2D eigenvalue weighted by Crippen LogP contribution is 2.22. The van der Waals surface area contributed by atoms with Crippen LogP contribution in [0.25, 0.3) is 0 Å². The Morgan fingerprint density at radius 1 is 1.32 bits per heavy atom. The SMILES string of the molecule is CCCC1CCN(CCCCC(C)(N)C(N)=O)CC1. The standard InChI is InChI=1S/C15H31N3O/c1-3-6-13-7-11-18(12-8-13)10-5-4-9-15(2,17)14(16)19/h13H,3-12,17H2,1-2H3,(H2,16,19). The maximum absolute atomic E-state index is 11.1. The number of nitrogens with two attached hydrogens (primary N) is 2. The Morgan fingerprint density at radius 2 is 1.95 bits per heavy atom. The number of likely N-dealkylation sites (tertiary alicyclic amines) is 1. The first-order chi connectivity index (χ1) is 8.95. The highest BCUT2D eigenvalue weighted by atomic mass is 16.1. The van der Waals surface area contributed by atoms with Crippen molar-refractivity contribution in [2.45, 2.75) is 64.3 Å². The average Bonchev–Trinajstić information content (AvgIpc) is 2.37. The van der Waals surface area contributed by atoms with E-state index in [1.165, 1.54) is 38.8 Å². The quantitative estimate of drug-likeness (QED) is 0.661. The van der Waals surface area contributed by atoms with Gasteiger partial charge in [-0.1, -0.05) is 19.8 Å². The van der Waals surface area contributed by atoms with Crippen LogP contribution in [0, 0.1) is 5.92 Å². The summed E-state index contributed by atoms with van der Waals surface area (Å²) >= 11 is 0. The van der Waals surface area contributed by atoms with Gasteiger partial charge in [0.25, 0.3) is 0 Å². The molecule has 0 aromatic heterocycles. The Bertz CT molecular complexity index is 271. The van der Waals surface area contributed by atoms with E-state index in [2.05, 4.69) is 11.8 Å². The molecule has 4 nitrogen and oxygen atoms in total. The average molecular weight is 269 g/mol. The molecule has 0 aromatic carbocycles. The van der Waals surface area contributed by atoms with Crippen LogP contribution in [0.3, 0.4) is 0 Å². The molecule has 1 rings (SSSR count). The van der Waals surface area contributed by atoms with Crippen molar-refractivity contribution in [3.05, 3.63) is 0 Å². The third-order valence-electron chi connectivity index (χ3n) is 4.39. The zero-order valence-corrected chi connectivity index (χ0v) is 12.7. The summed E-state index contributed by atoms with van der Waals surface area (Å²) in [5.74, 6) is 0.552. The van der Waals surface area contributed by atoms with E-state index < -0.39 is 11.4 Å². The van der Waals surface area contributed by atoms with Gasteiger partial charge in [0.1, 0.15) is 0 Å². The Hall–Kier alpha value is -0.610. The molecular formula is C15H31N3O. The summed E-state index contributed by atoms with van der Waals surface area (Å²) in [7, 11) is 0. The predicted molar refractivity (Wildman–Crippen MR) is 79.7 cm³/mol. The lowest BCUT2D eigenvalue weighted by atomic mass is 9.92. The zero-order valence-electron chi connectivity index (χ0n) is 12.7. The second kappa shape index (κ2) is 7.85. The summed E-state index contributed by atoms with van der Waals surface area (Å²) < 4.78 is 0. The Balaban J connectivity index is 2.10. The molecule has 4 heteroatoms. The molecule has 0 radical (unpaired) electrons. The lowest BCUT2D eigenvalue weighted by molar-refractivity contribution is -0.122. The predicted octanol–water partition coefficient (Wildman–Crippen LogP) is 1.87. The van der Waals surface area contributed by atoms with Crippen LogP contribution in [0.15, 0.2) is 0 Å². The molecule has 0 aliphatic carbocycles. The van der Waals surface area contributed by atoms with E-state index in [1.54, 1.807) is 6.92 Å². The fraction of sp³-hybridized carbons (Fsp3) is 0.933. The summed E-state index contributed by atoms with van der Waals surface area (Å²) in [6.45, 7) is 7.61. The minimum atomic E-state index is -0.839. The molecule has 0 saturated carbocycles. The number of unbranched alkanes of at least 4 members (excludes halogenated alkanes) is 1. The topological polar surface area (TPSA) is 72.3 Å². The normalized spacial score (nSPS) is 21.2. The van der Waals surface area contributed by atoms with Crippen LogP contribution in [0.2, 0.25) is 0 Å². The van der Waals surface area contributed by atoms with E-state index in [0.29, 0.717) is 6.42 Å². The van der Waals surface area contributed by atoms with E-state index in [4.69, 9.17) is 11.5 Å². The summed E-state index contributed by atoms with van der Waals surface area (Å²) in [6.07, 6.45) is 8.18. The van der Waals surface area contributed by atoms with Crippen molar-refractivity contribution in [1.29, 1.82) is 0 Å². The first-order valence-corrected chi connectivity index (χ1v) is 7.77.